The molecule has 23 heavy (non-hydrogen) atoms. The van der Waals surface area contributed by atoms with Crippen molar-refractivity contribution < 1.29 is 19.4 Å². The zero-order chi connectivity index (χ0) is 17.7. The standard InChI is InChI=1S/C16H26N2O4S/c1-6-7-16(13(19)20,8-12-9-17-11(2)23-12)10-18-14(21)22-15(3,4)5/h9H,6-8,10H2,1-5H3,(H,18,21)(H,19,20). The highest BCUT2D eigenvalue weighted by molar-refractivity contribution is 7.11. The van der Waals surface area contributed by atoms with Gasteiger partial charge in [-0.05, 0) is 34.1 Å². The lowest BCUT2D eigenvalue weighted by Crippen LogP contribution is -2.45. The lowest BCUT2D eigenvalue weighted by molar-refractivity contribution is -0.149. The van der Waals surface area contributed by atoms with Gasteiger partial charge in [0.1, 0.15) is 5.60 Å². The van der Waals surface area contributed by atoms with Gasteiger partial charge in [0.05, 0.1) is 10.4 Å². The van der Waals surface area contributed by atoms with Crippen molar-refractivity contribution in [2.75, 3.05) is 6.54 Å². The molecule has 0 aliphatic rings. The van der Waals surface area contributed by atoms with E-state index in [1.165, 1.54) is 11.3 Å². The number of amides is 1. The van der Waals surface area contributed by atoms with Crippen LogP contribution in [0.25, 0.3) is 0 Å². The van der Waals surface area contributed by atoms with E-state index >= 15 is 0 Å². The number of nitrogens with zero attached hydrogens (tertiary/aromatic N) is 1. The number of carbonyl (C=O) groups excluding carboxylic acids is 1. The predicted molar refractivity (Wildman–Crippen MR) is 89.8 cm³/mol. The van der Waals surface area contributed by atoms with Crippen molar-refractivity contribution in [2.24, 2.45) is 5.41 Å². The summed E-state index contributed by atoms with van der Waals surface area (Å²) in [7, 11) is 0. The van der Waals surface area contributed by atoms with Crippen molar-refractivity contribution in [1.29, 1.82) is 0 Å². The normalized spacial score (nSPS) is 14.1. The quantitative estimate of drug-likeness (QED) is 0.793. The summed E-state index contributed by atoms with van der Waals surface area (Å²) in [6, 6.07) is 0. The van der Waals surface area contributed by atoms with Crippen LogP contribution in [-0.4, -0.2) is 34.3 Å². The zero-order valence-corrected chi connectivity index (χ0v) is 15.2. The van der Waals surface area contributed by atoms with Gasteiger partial charge in [0.15, 0.2) is 0 Å². The Morgan fingerprint density at radius 3 is 2.48 bits per heavy atom. The van der Waals surface area contributed by atoms with Gasteiger partial charge in [0.2, 0.25) is 0 Å². The molecule has 0 fully saturated rings. The molecule has 6 nitrogen and oxygen atoms in total. The van der Waals surface area contributed by atoms with E-state index in [1.54, 1.807) is 27.0 Å². The van der Waals surface area contributed by atoms with Gasteiger partial charge in [-0.3, -0.25) is 4.79 Å². The molecule has 1 unspecified atom stereocenters. The number of carboxylic acids is 1. The Kier molecular flexibility index (Phi) is 6.56. The number of rotatable bonds is 7. The summed E-state index contributed by atoms with van der Waals surface area (Å²) in [6.07, 6.45) is 2.63. The van der Waals surface area contributed by atoms with Gasteiger partial charge in [-0.2, -0.15) is 0 Å². The van der Waals surface area contributed by atoms with Crippen LogP contribution in [-0.2, 0) is 16.0 Å². The van der Waals surface area contributed by atoms with Crippen molar-refractivity contribution in [1.82, 2.24) is 10.3 Å². The molecule has 2 N–H and O–H groups in total. The first-order valence-electron chi connectivity index (χ1n) is 7.69. The highest BCUT2D eigenvalue weighted by atomic mass is 32.1. The fraction of sp³-hybridized carbons (Fsp3) is 0.688. The predicted octanol–water partition coefficient (Wildman–Crippen LogP) is 3.39. The lowest BCUT2D eigenvalue weighted by Gasteiger charge is -2.29. The Labute approximate surface area is 141 Å². The second kappa shape index (κ2) is 7.77. The van der Waals surface area contributed by atoms with E-state index < -0.39 is 23.1 Å². The van der Waals surface area contributed by atoms with Crippen LogP contribution in [0.15, 0.2) is 6.20 Å². The van der Waals surface area contributed by atoms with Gasteiger partial charge in [-0.15, -0.1) is 11.3 Å². The molecular weight excluding hydrogens is 316 g/mol. The van der Waals surface area contributed by atoms with E-state index in [-0.39, 0.29) is 6.54 Å². The molecule has 0 saturated carbocycles. The fourth-order valence-electron chi connectivity index (χ4n) is 2.35. The zero-order valence-electron chi connectivity index (χ0n) is 14.4. The number of aryl methyl sites for hydroxylation is 1. The Morgan fingerprint density at radius 2 is 2.04 bits per heavy atom. The van der Waals surface area contributed by atoms with Crippen molar-refractivity contribution in [3.63, 3.8) is 0 Å². The largest absolute Gasteiger partial charge is 0.481 e. The molecule has 0 aromatic carbocycles. The van der Waals surface area contributed by atoms with Crippen molar-refractivity contribution in [3.8, 4) is 0 Å². The van der Waals surface area contributed by atoms with E-state index in [0.717, 1.165) is 9.88 Å². The maximum Gasteiger partial charge on any atom is 0.407 e. The molecule has 1 amide bonds. The lowest BCUT2D eigenvalue weighted by atomic mass is 9.79. The molecule has 0 saturated heterocycles. The van der Waals surface area contributed by atoms with Gasteiger partial charge in [-0.1, -0.05) is 13.3 Å². The van der Waals surface area contributed by atoms with Gasteiger partial charge in [-0.25, -0.2) is 9.78 Å². The minimum Gasteiger partial charge on any atom is -0.481 e. The molecule has 0 spiro atoms. The summed E-state index contributed by atoms with van der Waals surface area (Å²) >= 11 is 1.48. The number of ether oxygens (including phenoxy) is 1. The summed E-state index contributed by atoms with van der Waals surface area (Å²) in [4.78, 5) is 28.8. The molecule has 1 rings (SSSR count). The summed E-state index contributed by atoms with van der Waals surface area (Å²) in [6.45, 7) is 9.15. The summed E-state index contributed by atoms with van der Waals surface area (Å²) in [5.41, 5.74) is -1.67. The summed E-state index contributed by atoms with van der Waals surface area (Å²) < 4.78 is 5.19. The first kappa shape index (κ1) is 19.4. The van der Waals surface area contributed by atoms with E-state index in [4.69, 9.17) is 4.74 Å². The van der Waals surface area contributed by atoms with Gasteiger partial charge < -0.3 is 15.2 Å². The van der Waals surface area contributed by atoms with Gasteiger partial charge in [0.25, 0.3) is 0 Å². The van der Waals surface area contributed by atoms with Crippen LogP contribution in [0.4, 0.5) is 4.79 Å². The maximum absolute atomic E-state index is 11.9. The highest BCUT2D eigenvalue weighted by Gasteiger charge is 2.39. The van der Waals surface area contributed by atoms with Crippen LogP contribution in [0.2, 0.25) is 0 Å². The third-order valence-corrected chi connectivity index (χ3v) is 4.25. The Morgan fingerprint density at radius 1 is 1.39 bits per heavy atom. The molecule has 0 bridgehead atoms. The van der Waals surface area contributed by atoms with E-state index in [1.807, 2.05) is 13.8 Å². The number of nitrogens with one attached hydrogen (secondary N) is 1. The third kappa shape index (κ3) is 6.17. The van der Waals surface area contributed by atoms with Crippen LogP contribution < -0.4 is 5.32 Å². The number of aliphatic carboxylic acids is 1. The summed E-state index contributed by atoms with van der Waals surface area (Å²) in [5.74, 6) is -0.915. The SMILES string of the molecule is CCCC(CNC(=O)OC(C)(C)C)(Cc1cnc(C)s1)C(=O)O. The second-order valence-corrected chi connectivity index (χ2v) is 8.03. The number of aromatic nitrogens is 1. The maximum atomic E-state index is 11.9. The number of carbonyl (C=O) groups is 2. The fourth-order valence-corrected chi connectivity index (χ4v) is 3.29. The van der Waals surface area contributed by atoms with Crippen LogP contribution in [0.1, 0.15) is 50.4 Å². The molecule has 0 radical (unpaired) electrons. The average molecular weight is 342 g/mol. The smallest absolute Gasteiger partial charge is 0.407 e. The topological polar surface area (TPSA) is 88.5 Å². The third-order valence-electron chi connectivity index (χ3n) is 3.33. The number of alkyl carbamates (subject to hydrolysis) is 1. The monoisotopic (exact) mass is 342 g/mol. The van der Waals surface area contributed by atoms with Crippen LogP contribution in [0.5, 0.6) is 0 Å². The first-order valence-corrected chi connectivity index (χ1v) is 8.51. The number of hydrogen-bond donors (Lipinski definition) is 2. The Bertz CT molecular complexity index is 551. The second-order valence-electron chi connectivity index (χ2n) is 6.71. The van der Waals surface area contributed by atoms with E-state index in [9.17, 15) is 14.7 Å². The molecule has 1 atom stereocenters. The van der Waals surface area contributed by atoms with Gasteiger partial charge in [0, 0.05) is 24.0 Å². The van der Waals surface area contributed by atoms with E-state index in [2.05, 4.69) is 10.3 Å². The molecule has 130 valence electrons. The molecule has 1 heterocycles. The molecule has 1 aromatic rings. The number of thiazole rings is 1. The van der Waals surface area contributed by atoms with Crippen LogP contribution >= 0.6 is 11.3 Å². The highest BCUT2D eigenvalue weighted by Crippen LogP contribution is 2.31. The van der Waals surface area contributed by atoms with Crippen molar-refractivity contribution in [2.45, 2.75) is 59.5 Å². The first-order chi connectivity index (χ1) is 10.6. The molecule has 0 aliphatic heterocycles. The molecule has 7 heteroatoms. The molecule has 0 aliphatic carbocycles. The number of carboxylic acid groups (broad SMARTS) is 1. The Hall–Kier alpha value is -1.63. The minimum absolute atomic E-state index is 0.0298. The van der Waals surface area contributed by atoms with Crippen molar-refractivity contribution >= 4 is 23.4 Å². The van der Waals surface area contributed by atoms with Crippen LogP contribution in [0.3, 0.4) is 0 Å². The van der Waals surface area contributed by atoms with Crippen molar-refractivity contribution in [3.05, 3.63) is 16.1 Å². The van der Waals surface area contributed by atoms with Gasteiger partial charge >= 0.3 is 12.1 Å². The van der Waals surface area contributed by atoms with E-state index in [0.29, 0.717) is 19.3 Å². The summed E-state index contributed by atoms with van der Waals surface area (Å²) in [5, 5.41) is 13.3. The number of hydrogen-bond acceptors (Lipinski definition) is 5. The average Bonchev–Trinajstić information content (AvgIpc) is 2.79. The molecular formula is C16H26N2O4S. The van der Waals surface area contributed by atoms with Crippen LogP contribution in [0, 0.1) is 12.3 Å². The minimum atomic E-state index is -1.05. The Balaban J connectivity index is 2.86. The molecule has 1 aromatic heterocycles.